The lowest BCUT2D eigenvalue weighted by Crippen LogP contribution is -2.33. The first-order chi connectivity index (χ1) is 19.2. The Labute approximate surface area is 236 Å². The zero-order valence-electron chi connectivity index (χ0n) is 23.7. The second-order valence-corrected chi connectivity index (χ2v) is 11.1. The Morgan fingerprint density at radius 1 is 1.02 bits per heavy atom. The topological polar surface area (TPSA) is 88.1 Å². The summed E-state index contributed by atoms with van der Waals surface area (Å²) in [6.07, 6.45) is 2.40. The van der Waals surface area contributed by atoms with Crippen molar-refractivity contribution in [1.82, 2.24) is 0 Å². The summed E-state index contributed by atoms with van der Waals surface area (Å²) in [4.78, 5) is 27.0. The number of methoxy groups -OCH3 is 1. The van der Waals surface area contributed by atoms with Gasteiger partial charge in [0.05, 0.1) is 12.5 Å². The predicted molar refractivity (Wildman–Crippen MR) is 157 cm³/mol. The van der Waals surface area contributed by atoms with Crippen molar-refractivity contribution in [1.29, 1.82) is 0 Å². The SMILES string of the molecule is COc1c(C)cc(NC(=O)O[C@H](C)c2ccccc2)c(C2CCN(c3ccc(C4(C(=O)O)CC4)cc3)CC2)c1C. The van der Waals surface area contributed by atoms with Crippen molar-refractivity contribution in [3.8, 4) is 5.75 Å². The van der Waals surface area contributed by atoms with E-state index >= 15 is 0 Å². The van der Waals surface area contributed by atoms with Crippen LogP contribution in [-0.2, 0) is 14.9 Å². The molecule has 40 heavy (non-hydrogen) atoms. The first-order valence-corrected chi connectivity index (χ1v) is 14.0. The number of carboxylic acids is 1. The second-order valence-electron chi connectivity index (χ2n) is 11.1. The minimum atomic E-state index is -0.729. The third-order valence-corrected chi connectivity index (χ3v) is 8.60. The lowest BCUT2D eigenvalue weighted by molar-refractivity contribution is -0.140. The summed E-state index contributed by atoms with van der Waals surface area (Å²) in [5.74, 6) is 0.360. The molecule has 7 nitrogen and oxygen atoms in total. The largest absolute Gasteiger partial charge is 0.496 e. The van der Waals surface area contributed by atoms with Crippen molar-refractivity contribution < 1.29 is 24.2 Å². The number of carbonyl (C=O) groups is 2. The second kappa shape index (κ2) is 11.2. The fraction of sp³-hybridized carbons (Fsp3) is 0.394. The number of benzene rings is 3. The third kappa shape index (κ3) is 5.37. The standard InChI is InChI=1S/C33H38N2O5/c1-21-20-28(34-32(38)40-23(3)24-8-6-5-7-9-24)29(22(2)30(21)39-4)25-14-18-35(19-15-25)27-12-10-26(11-13-27)33(16-17-33)31(36)37/h5-13,20,23,25H,14-19H2,1-4H3,(H,34,38)(H,36,37)/t23-/m1/s1. The number of aryl methyl sites for hydroxylation is 1. The molecular formula is C33H38N2O5. The van der Waals surface area contributed by atoms with E-state index < -0.39 is 17.5 Å². The van der Waals surface area contributed by atoms with Crippen molar-refractivity contribution in [2.24, 2.45) is 0 Å². The van der Waals surface area contributed by atoms with Crippen LogP contribution in [0.4, 0.5) is 16.2 Å². The van der Waals surface area contributed by atoms with Crippen LogP contribution in [0, 0.1) is 13.8 Å². The monoisotopic (exact) mass is 542 g/mol. The number of aliphatic carboxylic acids is 1. The van der Waals surface area contributed by atoms with Gasteiger partial charge < -0.3 is 19.5 Å². The summed E-state index contributed by atoms with van der Waals surface area (Å²) in [5, 5.41) is 12.6. The molecule has 0 unspecified atom stereocenters. The highest BCUT2D eigenvalue weighted by Gasteiger charge is 2.51. The van der Waals surface area contributed by atoms with E-state index in [0.29, 0.717) is 12.8 Å². The number of rotatable bonds is 8. The van der Waals surface area contributed by atoms with Gasteiger partial charge in [0.15, 0.2) is 0 Å². The summed E-state index contributed by atoms with van der Waals surface area (Å²) >= 11 is 0. The maximum Gasteiger partial charge on any atom is 0.412 e. The molecule has 1 aliphatic carbocycles. The lowest BCUT2D eigenvalue weighted by atomic mass is 9.84. The smallest absolute Gasteiger partial charge is 0.412 e. The van der Waals surface area contributed by atoms with Crippen molar-refractivity contribution >= 4 is 23.4 Å². The molecule has 1 aliphatic heterocycles. The van der Waals surface area contributed by atoms with Crippen LogP contribution < -0.4 is 15.0 Å². The van der Waals surface area contributed by atoms with Gasteiger partial charge in [-0.05, 0) is 98.4 Å². The molecule has 1 heterocycles. The number of nitrogens with zero attached hydrogens (tertiary/aromatic N) is 1. The minimum Gasteiger partial charge on any atom is -0.496 e. The molecule has 0 aromatic heterocycles. The molecule has 2 aliphatic rings. The molecule has 2 N–H and O–H groups in total. The maximum absolute atomic E-state index is 13.0. The highest BCUT2D eigenvalue weighted by Crippen LogP contribution is 2.49. The molecule has 2 fully saturated rings. The zero-order chi connectivity index (χ0) is 28.4. The molecule has 3 aromatic rings. The number of hydrogen-bond donors (Lipinski definition) is 2. The van der Waals surface area contributed by atoms with Crippen LogP contribution in [0.15, 0.2) is 60.7 Å². The van der Waals surface area contributed by atoms with Gasteiger partial charge in [-0.1, -0.05) is 42.5 Å². The molecule has 5 rings (SSSR count). The fourth-order valence-electron chi connectivity index (χ4n) is 6.18. The van der Waals surface area contributed by atoms with Gasteiger partial charge in [0, 0.05) is 24.5 Å². The number of carboxylic acid groups (broad SMARTS) is 1. The first-order valence-electron chi connectivity index (χ1n) is 14.0. The van der Waals surface area contributed by atoms with Crippen LogP contribution in [0.2, 0.25) is 0 Å². The van der Waals surface area contributed by atoms with Gasteiger partial charge in [0.1, 0.15) is 11.9 Å². The Hall–Kier alpha value is -4.00. The van der Waals surface area contributed by atoms with E-state index in [4.69, 9.17) is 9.47 Å². The predicted octanol–water partition coefficient (Wildman–Crippen LogP) is 7.12. The Bertz CT molecular complexity index is 1370. The van der Waals surface area contributed by atoms with E-state index in [2.05, 4.69) is 29.3 Å². The van der Waals surface area contributed by atoms with Crippen LogP contribution in [0.25, 0.3) is 0 Å². The number of hydrogen-bond acceptors (Lipinski definition) is 5. The van der Waals surface area contributed by atoms with E-state index in [1.165, 1.54) is 0 Å². The Morgan fingerprint density at radius 2 is 1.68 bits per heavy atom. The average Bonchev–Trinajstić information content (AvgIpc) is 3.77. The van der Waals surface area contributed by atoms with Crippen LogP contribution in [0.5, 0.6) is 5.75 Å². The quantitative estimate of drug-likeness (QED) is 0.315. The van der Waals surface area contributed by atoms with Gasteiger partial charge in [-0.15, -0.1) is 0 Å². The first kappa shape index (κ1) is 27.6. The molecule has 1 amide bonds. The van der Waals surface area contributed by atoms with Gasteiger partial charge in [0.25, 0.3) is 0 Å². The third-order valence-electron chi connectivity index (χ3n) is 8.60. The lowest BCUT2D eigenvalue weighted by Gasteiger charge is -2.35. The van der Waals surface area contributed by atoms with Crippen molar-refractivity contribution in [3.05, 3.63) is 88.5 Å². The molecule has 7 heteroatoms. The average molecular weight is 543 g/mol. The fourth-order valence-corrected chi connectivity index (χ4v) is 6.18. The van der Waals surface area contributed by atoms with Crippen molar-refractivity contribution in [2.45, 2.75) is 63.9 Å². The molecule has 0 spiro atoms. The summed E-state index contributed by atoms with van der Waals surface area (Å²) in [5.41, 5.74) is 6.13. The zero-order valence-corrected chi connectivity index (χ0v) is 23.7. The highest BCUT2D eigenvalue weighted by atomic mass is 16.6. The molecule has 0 radical (unpaired) electrons. The number of piperidine rings is 1. The van der Waals surface area contributed by atoms with Gasteiger partial charge in [0.2, 0.25) is 0 Å². The Kier molecular flexibility index (Phi) is 7.74. The molecule has 0 bridgehead atoms. The van der Waals surface area contributed by atoms with E-state index in [1.54, 1.807) is 7.11 Å². The molecule has 1 saturated heterocycles. The van der Waals surface area contributed by atoms with E-state index in [0.717, 1.165) is 70.9 Å². The molecule has 1 saturated carbocycles. The van der Waals surface area contributed by atoms with Gasteiger partial charge in [-0.2, -0.15) is 0 Å². The summed E-state index contributed by atoms with van der Waals surface area (Å²) in [7, 11) is 1.68. The molecule has 1 atom stereocenters. The summed E-state index contributed by atoms with van der Waals surface area (Å²) < 4.78 is 11.5. The minimum absolute atomic E-state index is 0.244. The van der Waals surface area contributed by atoms with Crippen LogP contribution in [-0.4, -0.2) is 37.4 Å². The van der Waals surface area contributed by atoms with Gasteiger partial charge in [-0.3, -0.25) is 10.1 Å². The van der Waals surface area contributed by atoms with Crippen molar-refractivity contribution in [3.63, 3.8) is 0 Å². The molecular weight excluding hydrogens is 504 g/mol. The number of nitrogens with one attached hydrogen (secondary N) is 1. The van der Waals surface area contributed by atoms with E-state index in [9.17, 15) is 14.7 Å². The molecule has 210 valence electrons. The van der Waals surface area contributed by atoms with Gasteiger partial charge >= 0.3 is 12.1 Å². The molecule has 3 aromatic carbocycles. The summed E-state index contributed by atoms with van der Waals surface area (Å²) in [6, 6.07) is 19.7. The number of ether oxygens (including phenoxy) is 2. The van der Waals surface area contributed by atoms with Crippen LogP contribution >= 0.6 is 0 Å². The number of anilines is 2. The Balaban J connectivity index is 1.31. The van der Waals surface area contributed by atoms with Crippen LogP contribution in [0.1, 0.15) is 72.4 Å². The maximum atomic E-state index is 13.0. The highest BCUT2D eigenvalue weighted by molar-refractivity contribution is 5.87. The number of carbonyl (C=O) groups excluding carboxylic acids is 1. The van der Waals surface area contributed by atoms with E-state index in [-0.39, 0.29) is 12.0 Å². The Morgan fingerprint density at radius 3 is 2.25 bits per heavy atom. The number of amides is 1. The summed E-state index contributed by atoms with van der Waals surface area (Å²) in [6.45, 7) is 7.64. The normalized spacial score (nSPS) is 17.1. The van der Waals surface area contributed by atoms with Crippen LogP contribution in [0.3, 0.4) is 0 Å². The van der Waals surface area contributed by atoms with Crippen molar-refractivity contribution in [2.75, 3.05) is 30.4 Å². The van der Waals surface area contributed by atoms with Gasteiger partial charge in [-0.25, -0.2) is 4.79 Å². The van der Waals surface area contributed by atoms with E-state index in [1.807, 2.05) is 62.4 Å².